The minimum atomic E-state index is -1.43. The summed E-state index contributed by atoms with van der Waals surface area (Å²) in [5.41, 5.74) is 0.305. The maximum Gasteiger partial charge on any atom is 0.253 e. The third kappa shape index (κ3) is 5.23. The van der Waals surface area contributed by atoms with E-state index in [-0.39, 0.29) is 23.1 Å². The van der Waals surface area contributed by atoms with Crippen molar-refractivity contribution >= 4 is 41.3 Å². The first-order valence-electron chi connectivity index (χ1n) is 10.1. The van der Waals surface area contributed by atoms with Crippen LogP contribution >= 0.6 is 23.5 Å². The Morgan fingerprint density at radius 2 is 2.06 bits per heavy atom. The number of carbonyl (C=O) groups is 3. The lowest BCUT2D eigenvalue weighted by Gasteiger charge is -2.50. The number of amides is 2. The summed E-state index contributed by atoms with van der Waals surface area (Å²) >= 11 is 2.76. The molecular formula is C23H21N3O5S2. The predicted molar refractivity (Wildman–Crippen MR) is 122 cm³/mol. The molecular weight excluding hydrogens is 462 g/mol. The summed E-state index contributed by atoms with van der Waals surface area (Å²) in [7, 11) is 0. The van der Waals surface area contributed by atoms with Crippen molar-refractivity contribution in [2.45, 2.75) is 22.9 Å². The number of benzene rings is 1. The van der Waals surface area contributed by atoms with E-state index in [0.29, 0.717) is 17.9 Å². The average molecular weight is 484 g/mol. The molecule has 170 valence electrons. The first kappa shape index (κ1) is 22.9. The number of aromatic nitrogens is 1. The zero-order valence-electron chi connectivity index (χ0n) is 17.4. The molecule has 1 fully saturated rings. The second-order valence-electron chi connectivity index (χ2n) is 7.38. The van der Waals surface area contributed by atoms with Gasteiger partial charge in [-0.1, -0.05) is 24.3 Å². The van der Waals surface area contributed by atoms with Crippen molar-refractivity contribution < 1.29 is 29.2 Å². The van der Waals surface area contributed by atoms with Gasteiger partial charge in [-0.15, -0.1) is 23.5 Å². The highest BCUT2D eigenvalue weighted by Gasteiger charge is 2.52. The fraction of sp³-hybridized carbons (Fsp3) is 0.217. The van der Waals surface area contributed by atoms with Gasteiger partial charge in [0.1, 0.15) is 11.4 Å². The first-order chi connectivity index (χ1) is 15.9. The molecule has 10 heteroatoms. The Morgan fingerprint density at radius 1 is 1.27 bits per heavy atom. The smallest absolute Gasteiger partial charge is 0.253 e. The normalized spacial score (nSPS) is 19.9. The Hall–Kier alpha value is -3.24. The third-order valence-electron chi connectivity index (χ3n) is 5.10. The number of carboxylic acid groups (broad SMARTS) is 1. The Morgan fingerprint density at radius 3 is 2.79 bits per heavy atom. The number of carbonyl (C=O) groups excluding carboxylic acids is 3. The van der Waals surface area contributed by atoms with E-state index < -0.39 is 23.3 Å². The van der Waals surface area contributed by atoms with Crippen LogP contribution in [0.3, 0.4) is 0 Å². The van der Waals surface area contributed by atoms with Crippen LogP contribution in [0, 0.1) is 0 Å². The molecule has 2 atom stereocenters. The van der Waals surface area contributed by atoms with Crippen LogP contribution in [0.4, 0.5) is 0 Å². The highest BCUT2D eigenvalue weighted by molar-refractivity contribution is 8.00. The molecule has 0 bridgehead atoms. The molecule has 4 rings (SSSR count). The van der Waals surface area contributed by atoms with Gasteiger partial charge < -0.3 is 20.3 Å². The lowest BCUT2D eigenvalue weighted by molar-refractivity contribution is -0.687. The van der Waals surface area contributed by atoms with Gasteiger partial charge in [-0.2, -0.15) is 4.57 Å². The van der Waals surface area contributed by atoms with Gasteiger partial charge in [-0.25, -0.2) is 0 Å². The molecule has 0 spiro atoms. The Kier molecular flexibility index (Phi) is 7.05. The molecule has 2 N–H and O–H groups in total. The summed E-state index contributed by atoms with van der Waals surface area (Å²) < 4.78 is 1.73. The number of thioether (sulfide) groups is 2. The number of hydrogen-bond donors (Lipinski definition) is 2. The predicted octanol–water partition coefficient (Wildman–Crippen LogP) is 0.432. The van der Waals surface area contributed by atoms with Gasteiger partial charge in [0, 0.05) is 16.7 Å². The summed E-state index contributed by atoms with van der Waals surface area (Å²) in [6, 6.07) is 11.9. The van der Waals surface area contributed by atoms with Crippen molar-refractivity contribution in [2.75, 3.05) is 11.5 Å². The van der Waals surface area contributed by atoms with Gasteiger partial charge in [0.15, 0.2) is 18.5 Å². The van der Waals surface area contributed by atoms with Crippen LogP contribution in [0.25, 0.3) is 0 Å². The maximum absolute atomic E-state index is 12.7. The molecule has 0 aliphatic carbocycles. The van der Waals surface area contributed by atoms with Crippen molar-refractivity contribution in [2.24, 2.45) is 0 Å². The van der Waals surface area contributed by atoms with Crippen molar-refractivity contribution in [3.8, 4) is 5.75 Å². The van der Waals surface area contributed by atoms with Gasteiger partial charge >= 0.3 is 0 Å². The van der Waals surface area contributed by atoms with Gasteiger partial charge in [0.05, 0.1) is 17.4 Å². The second kappa shape index (κ2) is 10.1. The molecule has 0 saturated carbocycles. The average Bonchev–Trinajstić information content (AvgIpc) is 2.81. The van der Waals surface area contributed by atoms with Gasteiger partial charge in [0.25, 0.3) is 5.91 Å². The van der Waals surface area contributed by atoms with E-state index in [1.54, 1.807) is 41.2 Å². The molecule has 1 saturated heterocycles. The lowest BCUT2D eigenvalue weighted by atomic mass is 10.0. The zero-order chi connectivity index (χ0) is 23.4. The number of hydrogen-bond acceptors (Lipinski definition) is 7. The third-order valence-corrected chi connectivity index (χ3v) is 7.41. The number of fused-ring (bicyclic) bond motifs is 1. The monoisotopic (exact) mass is 483 g/mol. The van der Waals surface area contributed by atoms with Crippen molar-refractivity contribution in [1.82, 2.24) is 10.2 Å². The Labute approximate surface area is 199 Å². The van der Waals surface area contributed by atoms with Crippen molar-refractivity contribution in [1.29, 1.82) is 0 Å². The molecule has 2 aliphatic rings. The van der Waals surface area contributed by atoms with Crippen LogP contribution in [0.1, 0.15) is 0 Å². The van der Waals surface area contributed by atoms with Crippen LogP contribution in [0.5, 0.6) is 5.75 Å². The van der Waals surface area contributed by atoms with E-state index in [9.17, 15) is 24.6 Å². The largest absolute Gasteiger partial charge is 0.543 e. The van der Waals surface area contributed by atoms with Crippen molar-refractivity contribution in [3.05, 3.63) is 78.3 Å². The zero-order valence-corrected chi connectivity index (χ0v) is 19.1. The number of nitrogens with zero attached hydrogens (tertiary/aromatic N) is 2. The number of β-lactam (4-membered cyclic amide) rings is 1. The minimum Gasteiger partial charge on any atom is -0.543 e. The fourth-order valence-corrected chi connectivity index (χ4v) is 5.63. The fourth-order valence-electron chi connectivity index (χ4n) is 3.58. The standard InChI is InChI=1S/C23H21N3O5S2/c27-16-7-5-11-25(12-16)10-4-6-15-13-33-22-19(21(29)26(22)20(15)23(30)31)24-18(28)14-32-17-8-2-1-3-9-17/h1-9,11-12,19,22H,10,13-14H2,(H2-,24,27,28,30,31)/t19-,22-/m1/s1. The topological polar surface area (TPSA) is 114 Å². The molecule has 0 radical (unpaired) electrons. The van der Waals surface area contributed by atoms with Crippen LogP contribution in [0.2, 0.25) is 0 Å². The molecule has 3 heterocycles. The van der Waals surface area contributed by atoms with Gasteiger partial charge in [-0.3, -0.25) is 14.5 Å². The first-order valence-corrected chi connectivity index (χ1v) is 12.2. The van der Waals surface area contributed by atoms with E-state index in [1.165, 1.54) is 28.4 Å². The van der Waals surface area contributed by atoms with Gasteiger partial charge in [-0.05, 0) is 29.8 Å². The summed E-state index contributed by atoms with van der Waals surface area (Å²) in [6.07, 6.45) is 6.72. The molecule has 2 aliphatic heterocycles. The number of aliphatic carboxylic acids is 1. The molecule has 8 nitrogen and oxygen atoms in total. The molecule has 0 unspecified atom stereocenters. The van der Waals surface area contributed by atoms with E-state index in [0.717, 1.165) is 4.90 Å². The van der Waals surface area contributed by atoms with Crippen LogP contribution in [-0.4, -0.2) is 50.7 Å². The van der Waals surface area contributed by atoms with E-state index in [2.05, 4.69) is 5.32 Å². The van der Waals surface area contributed by atoms with Gasteiger partial charge in [0.2, 0.25) is 12.1 Å². The number of allylic oxidation sites excluding steroid dienone is 2. The van der Waals surface area contributed by atoms with E-state index in [4.69, 9.17) is 0 Å². The summed E-state index contributed by atoms with van der Waals surface area (Å²) in [4.78, 5) is 39.0. The minimum absolute atomic E-state index is 0.123. The van der Waals surface area contributed by atoms with E-state index >= 15 is 0 Å². The Bertz CT molecular complexity index is 1140. The highest BCUT2D eigenvalue weighted by atomic mass is 32.2. The summed E-state index contributed by atoms with van der Waals surface area (Å²) in [5.74, 6) is -1.52. The lowest BCUT2D eigenvalue weighted by Crippen LogP contribution is -2.71. The second-order valence-corrected chi connectivity index (χ2v) is 9.53. The quantitative estimate of drug-likeness (QED) is 0.318. The molecule has 1 aromatic carbocycles. The Balaban J connectivity index is 1.39. The summed E-state index contributed by atoms with van der Waals surface area (Å²) in [5, 5.41) is 23.6. The molecule has 2 amide bonds. The number of rotatable bonds is 8. The number of nitrogens with one attached hydrogen (secondary N) is 1. The number of pyridine rings is 1. The molecule has 2 aromatic rings. The highest BCUT2D eigenvalue weighted by Crippen LogP contribution is 2.40. The molecule has 33 heavy (non-hydrogen) atoms. The number of carboxylic acids is 1. The SMILES string of the molecule is O=C(CSc1ccccc1)N[C@@H]1C(=O)N2C(C(=O)[O-])=C(C=CC[n+]3cccc(O)c3)CS[C@H]12. The van der Waals surface area contributed by atoms with Crippen molar-refractivity contribution in [3.63, 3.8) is 0 Å². The van der Waals surface area contributed by atoms with Crippen LogP contribution < -0.4 is 15.0 Å². The van der Waals surface area contributed by atoms with Crippen LogP contribution in [-0.2, 0) is 20.9 Å². The van der Waals surface area contributed by atoms with E-state index in [1.807, 2.05) is 30.3 Å². The molecule has 1 aromatic heterocycles. The maximum atomic E-state index is 12.7. The van der Waals surface area contributed by atoms with Crippen LogP contribution in [0.15, 0.2) is 83.2 Å². The number of aromatic hydroxyl groups is 1. The summed E-state index contributed by atoms with van der Waals surface area (Å²) in [6.45, 7) is 0.415.